The van der Waals surface area contributed by atoms with Crippen molar-refractivity contribution in [2.24, 2.45) is 0 Å². The minimum Gasteiger partial charge on any atom is -0.368 e. The maximum Gasteiger partial charge on any atom is 0.152 e. The summed E-state index contributed by atoms with van der Waals surface area (Å²) in [6.45, 7) is 5.64. The predicted molar refractivity (Wildman–Crippen MR) is 41.3 cm³/mol. The zero-order valence-electron chi connectivity index (χ0n) is 6.60. The van der Waals surface area contributed by atoms with Crippen LogP contribution in [0.15, 0.2) is 23.4 Å². The lowest BCUT2D eigenvalue weighted by atomic mass is 10.1. The van der Waals surface area contributed by atoms with E-state index in [-0.39, 0.29) is 0 Å². The molecule has 56 valence electrons. The quantitative estimate of drug-likeness (QED) is 0.527. The molecule has 0 saturated carbocycles. The first-order valence-corrected chi connectivity index (χ1v) is 3.38. The molecule has 0 radical (unpaired) electrons. The lowest BCUT2D eigenvalue weighted by Gasteiger charge is -2.26. The number of hydrogen-bond acceptors (Lipinski definition) is 2. The third kappa shape index (κ3) is 1.61. The van der Waals surface area contributed by atoms with Crippen molar-refractivity contribution in [3.63, 3.8) is 0 Å². The average Bonchev–Trinajstić information content (AvgIpc) is 1.54. The normalized spacial score (nSPS) is 32.4. The van der Waals surface area contributed by atoms with E-state index in [0.717, 1.165) is 11.3 Å². The van der Waals surface area contributed by atoms with Crippen molar-refractivity contribution in [3.8, 4) is 0 Å². The Balaban J connectivity index is 2.88. The topological polar surface area (TPSA) is 32.3 Å². The Hall–Kier alpha value is -0.760. The van der Waals surface area contributed by atoms with Crippen LogP contribution in [0.4, 0.5) is 0 Å². The largest absolute Gasteiger partial charge is 0.368 e. The SMILES string of the molecule is CC1=CC(C)(O)NC(C)=C1. The molecule has 1 unspecified atom stereocenters. The van der Waals surface area contributed by atoms with E-state index < -0.39 is 5.72 Å². The highest BCUT2D eigenvalue weighted by Gasteiger charge is 2.18. The summed E-state index contributed by atoms with van der Waals surface area (Å²) in [5, 5.41) is 12.4. The van der Waals surface area contributed by atoms with E-state index >= 15 is 0 Å². The smallest absolute Gasteiger partial charge is 0.152 e. The van der Waals surface area contributed by atoms with Gasteiger partial charge >= 0.3 is 0 Å². The summed E-state index contributed by atoms with van der Waals surface area (Å²) in [5.74, 6) is 0. The third-order valence-corrected chi connectivity index (χ3v) is 1.40. The molecule has 1 rings (SSSR count). The minimum absolute atomic E-state index is 0.858. The molecule has 0 spiro atoms. The van der Waals surface area contributed by atoms with Gasteiger partial charge in [-0.2, -0.15) is 0 Å². The molecule has 0 aromatic heterocycles. The van der Waals surface area contributed by atoms with Crippen LogP contribution in [0.1, 0.15) is 20.8 Å². The molecule has 1 aliphatic heterocycles. The molecule has 2 N–H and O–H groups in total. The zero-order valence-corrected chi connectivity index (χ0v) is 6.60. The maximum atomic E-state index is 9.49. The molecule has 0 aromatic rings. The van der Waals surface area contributed by atoms with Gasteiger partial charge in [0.15, 0.2) is 5.72 Å². The van der Waals surface area contributed by atoms with E-state index in [1.54, 1.807) is 13.0 Å². The fourth-order valence-electron chi connectivity index (χ4n) is 1.30. The van der Waals surface area contributed by atoms with Crippen molar-refractivity contribution in [1.29, 1.82) is 0 Å². The highest BCUT2D eigenvalue weighted by molar-refractivity contribution is 5.28. The Morgan fingerprint density at radius 3 is 2.50 bits per heavy atom. The lowest BCUT2D eigenvalue weighted by molar-refractivity contribution is 0.0830. The van der Waals surface area contributed by atoms with Crippen molar-refractivity contribution >= 4 is 0 Å². The fourth-order valence-corrected chi connectivity index (χ4v) is 1.30. The zero-order chi connectivity index (χ0) is 7.78. The second kappa shape index (κ2) is 2.13. The molecule has 1 aliphatic rings. The van der Waals surface area contributed by atoms with Crippen LogP contribution >= 0.6 is 0 Å². The van der Waals surface area contributed by atoms with Crippen LogP contribution in [0.5, 0.6) is 0 Å². The molecule has 1 heterocycles. The Morgan fingerprint density at radius 2 is 2.10 bits per heavy atom. The maximum absolute atomic E-state index is 9.49. The van der Waals surface area contributed by atoms with Crippen LogP contribution in [0.25, 0.3) is 0 Å². The lowest BCUT2D eigenvalue weighted by Crippen LogP contribution is -2.40. The minimum atomic E-state index is -0.858. The Labute approximate surface area is 61.3 Å². The molecule has 2 nitrogen and oxygen atoms in total. The van der Waals surface area contributed by atoms with E-state index in [1.165, 1.54) is 0 Å². The summed E-state index contributed by atoms with van der Waals surface area (Å²) >= 11 is 0. The number of dihydropyridines is 1. The molecule has 0 saturated heterocycles. The van der Waals surface area contributed by atoms with Crippen molar-refractivity contribution in [2.75, 3.05) is 0 Å². The summed E-state index contributed by atoms with van der Waals surface area (Å²) in [5.41, 5.74) is 1.24. The molecule has 0 aliphatic carbocycles. The van der Waals surface area contributed by atoms with Crippen molar-refractivity contribution in [1.82, 2.24) is 5.32 Å². The fraction of sp³-hybridized carbons (Fsp3) is 0.500. The molecular weight excluding hydrogens is 126 g/mol. The summed E-state index contributed by atoms with van der Waals surface area (Å²) in [7, 11) is 0. The van der Waals surface area contributed by atoms with Gasteiger partial charge in [0, 0.05) is 5.70 Å². The number of aliphatic hydroxyl groups is 1. The van der Waals surface area contributed by atoms with Crippen molar-refractivity contribution < 1.29 is 5.11 Å². The molecule has 1 atom stereocenters. The van der Waals surface area contributed by atoms with E-state index in [0.29, 0.717) is 0 Å². The Bertz CT molecular complexity index is 201. The van der Waals surface area contributed by atoms with Crippen LogP contribution in [0.3, 0.4) is 0 Å². The number of allylic oxidation sites excluding steroid dienone is 3. The Morgan fingerprint density at radius 1 is 1.50 bits per heavy atom. The molecular formula is C8H13NO. The van der Waals surface area contributed by atoms with Gasteiger partial charge in [0.25, 0.3) is 0 Å². The summed E-state index contributed by atoms with van der Waals surface area (Å²) < 4.78 is 0. The van der Waals surface area contributed by atoms with Crippen LogP contribution < -0.4 is 5.32 Å². The Kier molecular flexibility index (Phi) is 1.57. The summed E-state index contributed by atoms with van der Waals surface area (Å²) in [4.78, 5) is 0. The second-order valence-corrected chi connectivity index (χ2v) is 2.99. The summed E-state index contributed by atoms with van der Waals surface area (Å²) in [6.07, 6.45) is 3.79. The van der Waals surface area contributed by atoms with E-state index in [9.17, 15) is 5.11 Å². The molecule has 0 fully saturated rings. The van der Waals surface area contributed by atoms with E-state index in [4.69, 9.17) is 0 Å². The summed E-state index contributed by atoms with van der Waals surface area (Å²) in [6, 6.07) is 0. The van der Waals surface area contributed by atoms with Gasteiger partial charge in [-0.1, -0.05) is 0 Å². The molecule has 2 heteroatoms. The van der Waals surface area contributed by atoms with E-state index in [1.807, 2.05) is 19.9 Å². The average molecular weight is 139 g/mol. The first-order chi connectivity index (χ1) is 4.49. The van der Waals surface area contributed by atoms with Crippen LogP contribution in [-0.4, -0.2) is 10.8 Å². The van der Waals surface area contributed by atoms with Gasteiger partial charge in [0.2, 0.25) is 0 Å². The first kappa shape index (κ1) is 7.35. The second-order valence-electron chi connectivity index (χ2n) is 2.99. The monoisotopic (exact) mass is 139 g/mol. The van der Waals surface area contributed by atoms with Gasteiger partial charge in [-0.3, -0.25) is 0 Å². The van der Waals surface area contributed by atoms with Gasteiger partial charge in [-0.05, 0) is 38.5 Å². The van der Waals surface area contributed by atoms with Gasteiger partial charge in [0.1, 0.15) is 0 Å². The van der Waals surface area contributed by atoms with E-state index in [2.05, 4.69) is 5.32 Å². The molecule has 0 bridgehead atoms. The van der Waals surface area contributed by atoms with Gasteiger partial charge < -0.3 is 10.4 Å². The standard InChI is InChI=1S/C8H13NO/c1-6-4-7(2)9-8(3,10)5-6/h4-5,9-10H,1-3H3. The van der Waals surface area contributed by atoms with Crippen molar-refractivity contribution in [2.45, 2.75) is 26.5 Å². The van der Waals surface area contributed by atoms with Crippen LogP contribution in [0.2, 0.25) is 0 Å². The van der Waals surface area contributed by atoms with Gasteiger partial charge in [0.05, 0.1) is 0 Å². The van der Waals surface area contributed by atoms with Gasteiger partial charge in [-0.25, -0.2) is 0 Å². The highest BCUT2D eigenvalue weighted by Crippen LogP contribution is 2.14. The number of hydrogen-bond donors (Lipinski definition) is 2. The number of nitrogens with one attached hydrogen (secondary N) is 1. The first-order valence-electron chi connectivity index (χ1n) is 3.38. The predicted octanol–water partition coefficient (Wildman–Crippen LogP) is 1.15. The number of rotatable bonds is 0. The highest BCUT2D eigenvalue weighted by atomic mass is 16.3. The third-order valence-electron chi connectivity index (χ3n) is 1.40. The van der Waals surface area contributed by atoms with Crippen molar-refractivity contribution in [3.05, 3.63) is 23.4 Å². The van der Waals surface area contributed by atoms with Crippen LogP contribution in [0, 0.1) is 0 Å². The molecule has 10 heavy (non-hydrogen) atoms. The molecule has 0 amide bonds. The molecule has 0 aromatic carbocycles. The van der Waals surface area contributed by atoms with Crippen LogP contribution in [-0.2, 0) is 0 Å². The van der Waals surface area contributed by atoms with Gasteiger partial charge in [-0.15, -0.1) is 0 Å².